The molecule has 2 heterocycles. The molecular weight excluding hydrogens is 410 g/mol. The van der Waals surface area contributed by atoms with E-state index in [1.54, 1.807) is 6.08 Å². The molecule has 1 N–H and O–H groups in total. The van der Waals surface area contributed by atoms with Crippen molar-refractivity contribution in [2.45, 2.75) is 64.8 Å². The lowest BCUT2D eigenvalue weighted by Crippen LogP contribution is -2.51. The van der Waals surface area contributed by atoms with Crippen molar-refractivity contribution in [3.8, 4) is 0 Å². The standard InChI is InChI=1S/C19H33N3O7Si/c1-5-15(10-11-16-14-26-16)22-18(24)20-17(23)21(19(22)25)12-9-13-30(27-6-2,28-7-3)29-8-4/h5,15-16H,1,6-14H2,2-4H3,(H,20,23,24). The number of allylic oxidation sites excluding steroid dienone is 1. The summed E-state index contributed by atoms with van der Waals surface area (Å²) in [4.78, 5) is 39.8. The number of aromatic nitrogens is 3. The van der Waals surface area contributed by atoms with Crippen molar-refractivity contribution in [2.75, 3.05) is 26.4 Å². The van der Waals surface area contributed by atoms with Gasteiger partial charge >= 0.3 is 25.9 Å². The van der Waals surface area contributed by atoms with Crippen molar-refractivity contribution in [3.63, 3.8) is 0 Å². The lowest BCUT2D eigenvalue weighted by molar-refractivity contribution is 0.0704. The van der Waals surface area contributed by atoms with Gasteiger partial charge in [-0.1, -0.05) is 6.08 Å². The predicted molar refractivity (Wildman–Crippen MR) is 114 cm³/mol. The molecule has 30 heavy (non-hydrogen) atoms. The monoisotopic (exact) mass is 443 g/mol. The van der Waals surface area contributed by atoms with E-state index in [1.807, 2.05) is 20.8 Å². The molecule has 0 amide bonds. The fraction of sp³-hybridized carbons (Fsp3) is 0.737. The minimum Gasteiger partial charge on any atom is -0.374 e. The summed E-state index contributed by atoms with van der Waals surface area (Å²) in [5, 5.41) is 0. The van der Waals surface area contributed by atoms with Crippen LogP contribution in [-0.4, -0.2) is 55.5 Å². The minimum atomic E-state index is -2.88. The molecule has 1 fully saturated rings. The van der Waals surface area contributed by atoms with Crippen LogP contribution in [-0.2, 0) is 24.6 Å². The van der Waals surface area contributed by atoms with Gasteiger partial charge in [0.1, 0.15) is 0 Å². The van der Waals surface area contributed by atoms with Crippen LogP contribution in [0.2, 0.25) is 6.04 Å². The molecule has 1 aliphatic heterocycles. The first-order valence-corrected chi connectivity index (χ1v) is 12.5. The summed E-state index contributed by atoms with van der Waals surface area (Å²) in [7, 11) is -2.88. The smallest absolute Gasteiger partial charge is 0.374 e. The first-order chi connectivity index (χ1) is 14.4. The molecular formula is C19H33N3O7Si. The maximum absolute atomic E-state index is 12.9. The van der Waals surface area contributed by atoms with Gasteiger partial charge in [0, 0.05) is 32.4 Å². The molecule has 0 saturated carbocycles. The SMILES string of the molecule is C=CC(CCC1CO1)n1c(=O)[nH]c(=O)n(CCC[Si](OCC)(OCC)OCC)c1=O. The Labute approximate surface area is 176 Å². The highest BCUT2D eigenvalue weighted by Crippen LogP contribution is 2.21. The normalized spacial score (nSPS) is 17.1. The van der Waals surface area contributed by atoms with Gasteiger partial charge in [0.15, 0.2) is 0 Å². The topological polar surface area (TPSA) is 117 Å². The van der Waals surface area contributed by atoms with E-state index in [4.69, 9.17) is 18.0 Å². The van der Waals surface area contributed by atoms with Crippen LogP contribution in [0.3, 0.4) is 0 Å². The zero-order valence-electron chi connectivity index (χ0n) is 18.1. The minimum absolute atomic E-state index is 0.117. The van der Waals surface area contributed by atoms with Gasteiger partial charge in [-0.05, 0) is 40.0 Å². The molecule has 0 aliphatic carbocycles. The molecule has 0 spiro atoms. The summed E-state index contributed by atoms with van der Waals surface area (Å²) in [6.45, 7) is 11.5. The number of aromatic amines is 1. The average Bonchev–Trinajstić information content (AvgIpc) is 3.52. The first-order valence-electron chi connectivity index (χ1n) is 10.5. The van der Waals surface area contributed by atoms with Crippen molar-refractivity contribution < 1.29 is 18.0 Å². The Hall–Kier alpha value is -1.79. The van der Waals surface area contributed by atoms with Crippen LogP contribution in [0.4, 0.5) is 0 Å². The summed E-state index contributed by atoms with van der Waals surface area (Å²) in [5.41, 5.74) is -2.11. The molecule has 0 bridgehead atoms. The van der Waals surface area contributed by atoms with E-state index in [0.717, 1.165) is 9.13 Å². The summed E-state index contributed by atoms with van der Waals surface area (Å²) < 4.78 is 24.7. The third kappa shape index (κ3) is 6.35. The fourth-order valence-electron chi connectivity index (χ4n) is 3.41. The largest absolute Gasteiger partial charge is 0.500 e. The van der Waals surface area contributed by atoms with E-state index < -0.39 is 31.9 Å². The number of nitrogens with one attached hydrogen (secondary N) is 1. The molecule has 2 unspecified atom stereocenters. The van der Waals surface area contributed by atoms with Gasteiger partial charge in [0.2, 0.25) is 0 Å². The number of hydrogen-bond donors (Lipinski definition) is 1. The molecule has 0 aromatic carbocycles. The zero-order chi connectivity index (χ0) is 22.1. The number of epoxide rings is 1. The van der Waals surface area contributed by atoms with Gasteiger partial charge in [-0.25, -0.2) is 23.5 Å². The molecule has 2 atom stereocenters. The highest BCUT2D eigenvalue weighted by atomic mass is 28.4. The lowest BCUT2D eigenvalue weighted by Gasteiger charge is -2.28. The van der Waals surface area contributed by atoms with Gasteiger partial charge in [0.05, 0.1) is 18.8 Å². The average molecular weight is 444 g/mol. The Morgan fingerprint density at radius 3 is 2.27 bits per heavy atom. The third-order valence-electron chi connectivity index (χ3n) is 4.86. The van der Waals surface area contributed by atoms with Crippen LogP contribution in [0.5, 0.6) is 0 Å². The first kappa shape index (κ1) is 24.5. The van der Waals surface area contributed by atoms with Crippen molar-refractivity contribution in [3.05, 3.63) is 44.1 Å². The number of hydrogen-bond acceptors (Lipinski definition) is 7. The molecule has 2 rings (SSSR count). The highest BCUT2D eigenvalue weighted by Gasteiger charge is 2.39. The Bertz CT molecular complexity index is 842. The molecule has 1 aliphatic rings. The van der Waals surface area contributed by atoms with E-state index in [0.29, 0.717) is 51.7 Å². The maximum Gasteiger partial charge on any atom is 0.500 e. The molecule has 1 aromatic heterocycles. The van der Waals surface area contributed by atoms with Crippen molar-refractivity contribution in [2.24, 2.45) is 0 Å². The zero-order valence-corrected chi connectivity index (χ0v) is 19.1. The third-order valence-corrected chi connectivity index (χ3v) is 8.01. The maximum atomic E-state index is 12.9. The summed E-state index contributed by atoms with van der Waals surface area (Å²) >= 11 is 0. The quantitative estimate of drug-likeness (QED) is 0.244. The molecule has 1 saturated heterocycles. The van der Waals surface area contributed by atoms with Crippen molar-refractivity contribution >= 4 is 8.80 Å². The predicted octanol–water partition coefficient (Wildman–Crippen LogP) is 1.04. The number of H-pyrrole nitrogens is 1. The lowest BCUT2D eigenvalue weighted by atomic mass is 10.1. The van der Waals surface area contributed by atoms with E-state index >= 15 is 0 Å². The Balaban J connectivity index is 2.20. The van der Waals surface area contributed by atoms with Crippen LogP contribution in [0, 0.1) is 0 Å². The van der Waals surface area contributed by atoms with E-state index in [1.165, 1.54) is 0 Å². The van der Waals surface area contributed by atoms with Crippen molar-refractivity contribution in [1.29, 1.82) is 0 Å². The second-order valence-corrected chi connectivity index (χ2v) is 9.69. The highest BCUT2D eigenvalue weighted by molar-refractivity contribution is 6.60. The van der Waals surface area contributed by atoms with Gasteiger partial charge in [0.25, 0.3) is 0 Å². The molecule has 1 aromatic rings. The second-order valence-electron chi connectivity index (χ2n) is 6.96. The number of rotatable bonds is 15. The van der Waals surface area contributed by atoms with Crippen LogP contribution < -0.4 is 17.1 Å². The molecule has 11 heteroatoms. The molecule has 0 radical (unpaired) electrons. The Kier molecular flexibility index (Phi) is 9.43. The summed E-state index contributed by atoms with van der Waals surface area (Å²) in [6.07, 6.45) is 3.40. The van der Waals surface area contributed by atoms with Crippen molar-refractivity contribution in [1.82, 2.24) is 14.1 Å². The van der Waals surface area contributed by atoms with Gasteiger partial charge in [-0.15, -0.1) is 6.58 Å². The van der Waals surface area contributed by atoms with Gasteiger partial charge in [-0.3, -0.25) is 4.98 Å². The van der Waals surface area contributed by atoms with E-state index in [9.17, 15) is 14.4 Å². The Morgan fingerprint density at radius 2 is 1.77 bits per heavy atom. The van der Waals surface area contributed by atoms with E-state index in [2.05, 4.69) is 11.6 Å². The number of nitrogens with zero attached hydrogens (tertiary/aromatic N) is 2. The number of ether oxygens (including phenoxy) is 1. The van der Waals surface area contributed by atoms with Gasteiger partial charge < -0.3 is 18.0 Å². The van der Waals surface area contributed by atoms with E-state index in [-0.39, 0.29) is 12.6 Å². The van der Waals surface area contributed by atoms with Crippen LogP contribution in [0.25, 0.3) is 0 Å². The van der Waals surface area contributed by atoms with Crippen LogP contribution in [0.1, 0.15) is 46.1 Å². The fourth-order valence-corrected chi connectivity index (χ4v) is 6.00. The summed E-state index contributed by atoms with van der Waals surface area (Å²) in [6, 6.07) is -0.0571. The molecule has 170 valence electrons. The Morgan fingerprint density at radius 1 is 1.17 bits per heavy atom. The van der Waals surface area contributed by atoms with Crippen LogP contribution in [0.15, 0.2) is 27.0 Å². The molecule has 10 nitrogen and oxygen atoms in total. The van der Waals surface area contributed by atoms with Gasteiger partial charge in [-0.2, -0.15) is 0 Å². The van der Waals surface area contributed by atoms with Crippen LogP contribution >= 0.6 is 0 Å². The summed E-state index contributed by atoms with van der Waals surface area (Å²) in [5.74, 6) is 0. The second kappa shape index (κ2) is 11.6.